The number of carbonyl (C=O) groups excluding carboxylic acids is 1. The van der Waals surface area contributed by atoms with Crippen molar-refractivity contribution in [2.24, 2.45) is 0 Å². The second-order valence-electron chi connectivity index (χ2n) is 3.00. The molecule has 0 spiro atoms. The lowest BCUT2D eigenvalue weighted by molar-refractivity contribution is -0.137. The van der Waals surface area contributed by atoms with Crippen molar-refractivity contribution in [1.82, 2.24) is 0 Å². The highest BCUT2D eigenvalue weighted by Crippen LogP contribution is 2.32. The minimum atomic E-state index is -4.47. The lowest BCUT2D eigenvalue weighted by atomic mass is 10.1. The van der Waals surface area contributed by atoms with E-state index in [1.54, 1.807) is 0 Å². The zero-order valence-electron chi connectivity index (χ0n) is 7.94. The van der Waals surface area contributed by atoms with Gasteiger partial charge >= 0.3 is 6.18 Å². The van der Waals surface area contributed by atoms with Gasteiger partial charge in [0.15, 0.2) is 5.78 Å². The highest BCUT2D eigenvalue weighted by molar-refractivity contribution is 9.10. The topological polar surface area (TPSA) is 17.1 Å². The summed E-state index contributed by atoms with van der Waals surface area (Å²) in [7, 11) is 0. The molecule has 5 heteroatoms. The van der Waals surface area contributed by atoms with Gasteiger partial charge in [0.2, 0.25) is 0 Å². The standard InChI is InChI=1S/C11H6BrF3O/c1-2-3-10(16)8-6-7(11(13,14)15)4-5-9(8)12/h1,4-6H,3H2. The Hall–Kier alpha value is -1.28. The second kappa shape index (κ2) is 4.71. The molecule has 0 aliphatic heterocycles. The lowest BCUT2D eigenvalue weighted by Crippen LogP contribution is -2.08. The van der Waals surface area contributed by atoms with Gasteiger partial charge in [-0.25, -0.2) is 0 Å². The molecule has 0 atom stereocenters. The molecule has 0 N–H and O–H groups in total. The number of ketones is 1. The van der Waals surface area contributed by atoms with Crippen LogP contribution in [0, 0.1) is 12.3 Å². The van der Waals surface area contributed by atoms with Gasteiger partial charge in [-0.2, -0.15) is 13.2 Å². The Morgan fingerprint density at radius 3 is 2.56 bits per heavy atom. The minimum Gasteiger partial charge on any atom is -0.293 e. The smallest absolute Gasteiger partial charge is 0.293 e. The fourth-order valence-electron chi connectivity index (χ4n) is 1.10. The molecule has 0 unspecified atom stereocenters. The van der Waals surface area contributed by atoms with Crippen LogP contribution in [-0.4, -0.2) is 5.78 Å². The van der Waals surface area contributed by atoms with Gasteiger partial charge < -0.3 is 0 Å². The Morgan fingerprint density at radius 2 is 2.06 bits per heavy atom. The third-order valence-corrected chi connectivity index (χ3v) is 2.55. The summed E-state index contributed by atoms with van der Waals surface area (Å²) in [5.41, 5.74) is -0.913. The van der Waals surface area contributed by atoms with Crippen molar-refractivity contribution in [1.29, 1.82) is 0 Å². The van der Waals surface area contributed by atoms with Crippen LogP contribution in [0.25, 0.3) is 0 Å². The Labute approximate surface area is 98.8 Å². The highest BCUT2D eigenvalue weighted by atomic mass is 79.9. The fourth-order valence-corrected chi connectivity index (χ4v) is 1.57. The van der Waals surface area contributed by atoms with Gasteiger partial charge in [0.1, 0.15) is 0 Å². The maximum absolute atomic E-state index is 12.4. The Bertz CT molecular complexity index is 457. The van der Waals surface area contributed by atoms with Crippen LogP contribution in [0.15, 0.2) is 22.7 Å². The molecule has 0 radical (unpaired) electrons. The quantitative estimate of drug-likeness (QED) is 0.600. The van der Waals surface area contributed by atoms with Crippen LogP contribution in [0.1, 0.15) is 22.3 Å². The van der Waals surface area contributed by atoms with Gasteiger partial charge in [-0.3, -0.25) is 4.79 Å². The predicted molar refractivity (Wildman–Crippen MR) is 56.9 cm³/mol. The number of hydrogen-bond donors (Lipinski definition) is 0. The molecule has 1 aromatic carbocycles. The van der Waals surface area contributed by atoms with Crippen LogP contribution < -0.4 is 0 Å². The van der Waals surface area contributed by atoms with Crippen LogP contribution in [0.3, 0.4) is 0 Å². The molecule has 0 bridgehead atoms. The summed E-state index contributed by atoms with van der Waals surface area (Å²) in [6.45, 7) is 0. The predicted octanol–water partition coefficient (Wildman–Crippen LogP) is 3.67. The molecule has 1 rings (SSSR count). The molecule has 0 fully saturated rings. The zero-order valence-corrected chi connectivity index (χ0v) is 9.52. The van der Waals surface area contributed by atoms with E-state index in [-0.39, 0.29) is 12.0 Å². The highest BCUT2D eigenvalue weighted by Gasteiger charge is 2.31. The number of benzene rings is 1. The van der Waals surface area contributed by atoms with Crippen molar-refractivity contribution in [3.63, 3.8) is 0 Å². The van der Waals surface area contributed by atoms with Gasteiger partial charge in [-0.05, 0) is 18.2 Å². The summed E-state index contributed by atoms with van der Waals surface area (Å²) in [5.74, 6) is 1.59. The van der Waals surface area contributed by atoms with Crippen LogP contribution >= 0.6 is 15.9 Å². The van der Waals surface area contributed by atoms with Crippen LogP contribution in [0.4, 0.5) is 13.2 Å². The van der Waals surface area contributed by atoms with E-state index in [0.29, 0.717) is 4.47 Å². The first kappa shape index (κ1) is 12.8. The van der Waals surface area contributed by atoms with E-state index >= 15 is 0 Å². The van der Waals surface area contributed by atoms with Gasteiger partial charge in [-0.15, -0.1) is 6.42 Å². The molecule has 1 aromatic rings. The summed E-state index contributed by atoms with van der Waals surface area (Å²) in [5, 5.41) is 0. The number of rotatable bonds is 2. The maximum Gasteiger partial charge on any atom is 0.416 e. The van der Waals surface area contributed by atoms with Crippen LogP contribution in [-0.2, 0) is 6.18 Å². The van der Waals surface area contributed by atoms with Crippen molar-refractivity contribution in [3.8, 4) is 12.3 Å². The molecule has 0 aliphatic rings. The molecule has 0 heterocycles. The summed E-state index contributed by atoms with van der Waals surface area (Å²) >= 11 is 3.01. The molecule has 84 valence electrons. The van der Waals surface area contributed by atoms with Crippen molar-refractivity contribution in [3.05, 3.63) is 33.8 Å². The van der Waals surface area contributed by atoms with E-state index in [4.69, 9.17) is 6.42 Å². The summed E-state index contributed by atoms with van der Waals surface area (Å²) in [6, 6.07) is 2.88. The first-order valence-corrected chi connectivity index (χ1v) is 4.99. The molecular formula is C11H6BrF3O. The lowest BCUT2D eigenvalue weighted by Gasteiger charge is -2.09. The van der Waals surface area contributed by atoms with Crippen LogP contribution in [0.2, 0.25) is 0 Å². The second-order valence-corrected chi connectivity index (χ2v) is 3.85. The molecule has 0 saturated heterocycles. The van der Waals surface area contributed by atoms with Gasteiger partial charge in [0.05, 0.1) is 12.0 Å². The third-order valence-electron chi connectivity index (χ3n) is 1.86. The summed E-state index contributed by atoms with van der Waals surface area (Å²) < 4.78 is 37.5. The average Bonchev–Trinajstić information content (AvgIpc) is 2.16. The van der Waals surface area contributed by atoms with Gasteiger partial charge in [0.25, 0.3) is 0 Å². The number of hydrogen-bond acceptors (Lipinski definition) is 1. The Kier molecular flexibility index (Phi) is 3.76. The maximum atomic E-state index is 12.4. The van der Waals surface area contributed by atoms with E-state index in [1.807, 2.05) is 0 Å². The Balaban J connectivity index is 3.20. The van der Waals surface area contributed by atoms with Crippen molar-refractivity contribution in [2.75, 3.05) is 0 Å². The zero-order chi connectivity index (χ0) is 12.3. The monoisotopic (exact) mass is 290 g/mol. The van der Waals surface area contributed by atoms with Crippen molar-refractivity contribution < 1.29 is 18.0 Å². The van der Waals surface area contributed by atoms with E-state index < -0.39 is 17.5 Å². The summed E-state index contributed by atoms with van der Waals surface area (Å²) in [6.07, 6.45) is 0.244. The fraction of sp³-hybridized carbons (Fsp3) is 0.182. The first-order chi connectivity index (χ1) is 7.36. The Morgan fingerprint density at radius 1 is 1.44 bits per heavy atom. The average molecular weight is 291 g/mol. The summed E-state index contributed by atoms with van der Waals surface area (Å²) in [4.78, 5) is 11.4. The number of alkyl halides is 3. The SMILES string of the molecule is C#CCC(=O)c1cc(C(F)(F)F)ccc1Br. The normalized spacial score (nSPS) is 10.9. The van der Waals surface area contributed by atoms with E-state index in [1.165, 1.54) is 6.07 Å². The van der Waals surface area contributed by atoms with Crippen molar-refractivity contribution in [2.45, 2.75) is 12.6 Å². The van der Waals surface area contributed by atoms with Crippen LogP contribution in [0.5, 0.6) is 0 Å². The molecule has 1 nitrogen and oxygen atoms in total. The third kappa shape index (κ3) is 2.86. The number of terminal acetylenes is 1. The van der Waals surface area contributed by atoms with E-state index in [9.17, 15) is 18.0 Å². The molecule has 0 aliphatic carbocycles. The number of halogens is 4. The van der Waals surface area contributed by atoms with Gasteiger partial charge in [-0.1, -0.05) is 21.9 Å². The molecule has 0 aromatic heterocycles. The van der Waals surface area contributed by atoms with E-state index in [2.05, 4.69) is 21.9 Å². The number of Topliss-reactive ketones (excluding diaryl/α,β-unsaturated/α-hetero) is 1. The minimum absolute atomic E-state index is 0.0484. The first-order valence-electron chi connectivity index (χ1n) is 4.19. The molecule has 16 heavy (non-hydrogen) atoms. The number of carbonyl (C=O) groups is 1. The molecule has 0 saturated carbocycles. The largest absolute Gasteiger partial charge is 0.416 e. The van der Waals surface area contributed by atoms with Crippen molar-refractivity contribution >= 4 is 21.7 Å². The van der Waals surface area contributed by atoms with E-state index in [0.717, 1.165) is 12.1 Å². The molecule has 0 amide bonds. The molecular weight excluding hydrogens is 285 g/mol. The van der Waals surface area contributed by atoms with Gasteiger partial charge in [0, 0.05) is 10.0 Å².